The Kier molecular flexibility index (Phi) is 8.26. The van der Waals surface area contributed by atoms with Gasteiger partial charge in [-0.25, -0.2) is 22.0 Å². The number of hydrogen-bond donors (Lipinski definition) is 0. The van der Waals surface area contributed by atoms with E-state index in [-0.39, 0.29) is 13.2 Å². The highest BCUT2D eigenvalue weighted by Gasteiger charge is 2.46. The Morgan fingerprint density at radius 1 is 0.692 bits per heavy atom. The zero-order valence-corrected chi connectivity index (χ0v) is 23.5. The second kappa shape index (κ2) is 11.2. The number of benzene rings is 3. The van der Waals surface area contributed by atoms with Crippen LogP contribution in [0.5, 0.6) is 0 Å². The summed E-state index contributed by atoms with van der Waals surface area (Å²) in [6.45, 7) is 14.4. The summed E-state index contributed by atoms with van der Waals surface area (Å²) in [5.41, 5.74) is 5.87. The van der Waals surface area contributed by atoms with Gasteiger partial charge in [0, 0.05) is 24.5 Å². The van der Waals surface area contributed by atoms with Gasteiger partial charge in [0.1, 0.15) is 6.17 Å². The third-order valence-electron chi connectivity index (χ3n) is 7.34. The lowest BCUT2D eigenvalue weighted by Crippen LogP contribution is -2.39. The van der Waals surface area contributed by atoms with Crippen molar-refractivity contribution in [3.63, 3.8) is 0 Å². The van der Waals surface area contributed by atoms with Crippen molar-refractivity contribution in [2.45, 2.75) is 67.1 Å². The van der Waals surface area contributed by atoms with E-state index in [2.05, 4.69) is 0 Å². The second-order valence-electron chi connectivity index (χ2n) is 10.6. The number of ether oxygens (including phenoxy) is 1. The van der Waals surface area contributed by atoms with Crippen LogP contribution in [0.1, 0.15) is 58.5 Å². The topological polar surface area (TPSA) is 15.7 Å². The average molecular weight is 547 g/mol. The SMILES string of the molecule is CCCOCC1CN(c2c(C)cc(C)cc2C)[C@H](c2c(F)c(F)c(F)c(F)c2F)N1c1c(C)cc(C)cc1C. The van der Waals surface area contributed by atoms with Crippen molar-refractivity contribution in [2.75, 3.05) is 29.6 Å². The molecule has 0 N–H and O–H groups in total. The second-order valence-corrected chi connectivity index (χ2v) is 10.6. The predicted molar refractivity (Wildman–Crippen MR) is 145 cm³/mol. The first-order valence-corrected chi connectivity index (χ1v) is 13.2. The molecular formula is C31H35F5N2O. The van der Waals surface area contributed by atoms with Crippen LogP contribution < -0.4 is 9.80 Å². The van der Waals surface area contributed by atoms with E-state index in [1.54, 1.807) is 9.80 Å². The van der Waals surface area contributed by atoms with Gasteiger partial charge in [0.05, 0.1) is 18.2 Å². The molecule has 0 amide bonds. The third kappa shape index (κ3) is 5.11. The van der Waals surface area contributed by atoms with E-state index in [4.69, 9.17) is 4.74 Å². The van der Waals surface area contributed by atoms with Gasteiger partial charge in [-0.3, -0.25) is 0 Å². The molecule has 3 aromatic carbocycles. The summed E-state index contributed by atoms with van der Waals surface area (Å²) in [6.07, 6.45) is -0.541. The molecule has 210 valence electrons. The van der Waals surface area contributed by atoms with Crippen LogP contribution in [-0.4, -0.2) is 25.8 Å². The molecule has 1 unspecified atom stereocenters. The van der Waals surface area contributed by atoms with Crippen molar-refractivity contribution >= 4 is 11.4 Å². The third-order valence-corrected chi connectivity index (χ3v) is 7.34. The Hall–Kier alpha value is -3.13. The van der Waals surface area contributed by atoms with Crippen LogP contribution in [0.3, 0.4) is 0 Å². The largest absolute Gasteiger partial charge is 0.379 e. The number of aryl methyl sites for hydroxylation is 6. The maximum absolute atomic E-state index is 15.6. The lowest BCUT2D eigenvalue weighted by Gasteiger charge is -2.38. The summed E-state index contributed by atoms with van der Waals surface area (Å²) >= 11 is 0. The molecule has 0 aliphatic carbocycles. The van der Waals surface area contributed by atoms with Crippen LogP contribution in [0.2, 0.25) is 0 Å². The molecule has 0 aromatic heterocycles. The van der Waals surface area contributed by atoms with Gasteiger partial charge in [-0.05, 0) is 70.2 Å². The zero-order valence-electron chi connectivity index (χ0n) is 23.5. The highest BCUT2D eigenvalue weighted by molar-refractivity contribution is 5.70. The summed E-state index contributed by atoms with van der Waals surface area (Å²) in [5, 5.41) is 0. The van der Waals surface area contributed by atoms with Crippen molar-refractivity contribution in [1.29, 1.82) is 0 Å². The van der Waals surface area contributed by atoms with Gasteiger partial charge in [-0.15, -0.1) is 0 Å². The molecule has 3 aromatic rings. The summed E-state index contributed by atoms with van der Waals surface area (Å²) in [7, 11) is 0. The van der Waals surface area contributed by atoms with Gasteiger partial charge in [0.25, 0.3) is 0 Å². The molecule has 2 atom stereocenters. The number of halogens is 5. The van der Waals surface area contributed by atoms with Crippen LogP contribution in [-0.2, 0) is 4.74 Å². The Labute approximate surface area is 227 Å². The van der Waals surface area contributed by atoms with Gasteiger partial charge in [-0.1, -0.05) is 42.3 Å². The van der Waals surface area contributed by atoms with Crippen LogP contribution in [0.4, 0.5) is 33.3 Å². The van der Waals surface area contributed by atoms with Crippen LogP contribution in [0.15, 0.2) is 24.3 Å². The maximum Gasteiger partial charge on any atom is 0.200 e. The molecule has 1 fully saturated rings. The van der Waals surface area contributed by atoms with E-state index < -0.39 is 46.9 Å². The molecule has 4 rings (SSSR count). The minimum atomic E-state index is -2.17. The molecule has 0 bridgehead atoms. The Morgan fingerprint density at radius 2 is 1.13 bits per heavy atom. The summed E-state index contributed by atoms with van der Waals surface area (Å²) in [4.78, 5) is 3.55. The minimum absolute atomic E-state index is 0.215. The predicted octanol–water partition coefficient (Wildman–Crippen LogP) is 8.05. The van der Waals surface area contributed by atoms with E-state index in [1.165, 1.54) is 0 Å². The molecule has 0 saturated carbocycles. The first-order chi connectivity index (χ1) is 18.4. The van der Waals surface area contributed by atoms with E-state index >= 15 is 8.78 Å². The molecule has 1 aliphatic heterocycles. The maximum atomic E-state index is 15.6. The van der Waals surface area contributed by atoms with Crippen molar-refractivity contribution in [3.8, 4) is 0 Å². The van der Waals surface area contributed by atoms with Gasteiger partial charge < -0.3 is 14.5 Å². The molecule has 8 heteroatoms. The Balaban J connectivity index is 2.07. The average Bonchev–Trinajstić information content (AvgIpc) is 3.18. The number of hydrogen-bond acceptors (Lipinski definition) is 3. The fourth-order valence-corrected chi connectivity index (χ4v) is 6.13. The number of anilines is 2. The molecule has 39 heavy (non-hydrogen) atoms. The fourth-order valence-electron chi connectivity index (χ4n) is 6.13. The van der Waals surface area contributed by atoms with E-state index in [0.29, 0.717) is 18.0 Å². The molecule has 0 radical (unpaired) electrons. The molecule has 3 nitrogen and oxygen atoms in total. The monoisotopic (exact) mass is 546 g/mol. The van der Waals surface area contributed by atoms with Crippen LogP contribution in [0, 0.1) is 70.6 Å². The first-order valence-electron chi connectivity index (χ1n) is 13.2. The lowest BCUT2D eigenvalue weighted by molar-refractivity contribution is 0.124. The van der Waals surface area contributed by atoms with Crippen molar-refractivity contribution in [1.82, 2.24) is 0 Å². The molecule has 1 heterocycles. The summed E-state index contributed by atoms with van der Waals surface area (Å²) in [5.74, 6) is -9.73. The lowest BCUT2D eigenvalue weighted by atomic mass is 10.00. The van der Waals surface area contributed by atoms with E-state index in [9.17, 15) is 13.2 Å². The zero-order chi connectivity index (χ0) is 28.8. The van der Waals surface area contributed by atoms with Crippen molar-refractivity contribution < 1.29 is 26.7 Å². The molecule has 1 aliphatic rings. The van der Waals surface area contributed by atoms with Crippen LogP contribution >= 0.6 is 0 Å². The number of nitrogens with zero attached hydrogens (tertiary/aromatic N) is 2. The molecule has 1 saturated heterocycles. The summed E-state index contributed by atoms with van der Waals surface area (Å²) < 4.78 is 80.6. The Morgan fingerprint density at radius 3 is 1.59 bits per heavy atom. The normalized spacial score (nSPS) is 17.4. The molecule has 0 spiro atoms. The van der Waals surface area contributed by atoms with E-state index in [1.807, 2.05) is 72.7 Å². The van der Waals surface area contributed by atoms with Crippen molar-refractivity contribution in [3.05, 3.63) is 92.3 Å². The summed E-state index contributed by atoms with van der Waals surface area (Å²) in [6, 6.07) is 7.37. The standard InChI is InChI=1S/C31H35F5N2O/c1-8-9-39-15-22-14-37(29-18(4)10-16(2)11-19(29)5)31(23-24(32)26(34)28(36)27(35)25(23)33)38(22)30-20(6)12-17(3)13-21(30)7/h10-13,22,31H,8-9,14-15H2,1-7H3/t22?,31-/m0/s1. The van der Waals surface area contributed by atoms with Crippen LogP contribution in [0.25, 0.3) is 0 Å². The number of rotatable bonds is 7. The Bertz CT molecular complexity index is 1330. The van der Waals surface area contributed by atoms with Crippen molar-refractivity contribution in [2.24, 2.45) is 0 Å². The smallest absolute Gasteiger partial charge is 0.200 e. The highest BCUT2D eigenvalue weighted by atomic mass is 19.2. The fraction of sp³-hybridized carbons (Fsp3) is 0.419. The first kappa shape index (κ1) is 28.9. The quantitative estimate of drug-likeness (QED) is 0.129. The van der Waals surface area contributed by atoms with Gasteiger partial charge in [0.2, 0.25) is 5.82 Å². The molecular weight excluding hydrogens is 511 g/mol. The van der Waals surface area contributed by atoms with Gasteiger partial charge in [0.15, 0.2) is 23.3 Å². The van der Waals surface area contributed by atoms with Gasteiger partial charge in [-0.2, -0.15) is 0 Å². The highest BCUT2D eigenvalue weighted by Crippen LogP contribution is 2.47. The van der Waals surface area contributed by atoms with E-state index in [0.717, 1.165) is 39.8 Å². The van der Waals surface area contributed by atoms with Gasteiger partial charge >= 0.3 is 0 Å². The minimum Gasteiger partial charge on any atom is -0.379 e.